The first-order chi connectivity index (χ1) is 12.9. The SMILES string of the molecule is NS(=O)(=O)c1cc(CCNC(=O)/C=C/c2cccs2)ccc1-c1ccco1. The number of furan rings is 1. The number of thiophene rings is 1. The zero-order valence-electron chi connectivity index (χ0n) is 14.3. The summed E-state index contributed by atoms with van der Waals surface area (Å²) in [5, 5.41) is 10.1. The lowest BCUT2D eigenvalue weighted by molar-refractivity contribution is -0.116. The average Bonchev–Trinajstić information content (AvgIpc) is 3.33. The van der Waals surface area contributed by atoms with E-state index in [0.29, 0.717) is 24.3 Å². The molecule has 0 atom stereocenters. The molecule has 0 spiro atoms. The van der Waals surface area contributed by atoms with E-state index in [0.717, 1.165) is 10.4 Å². The minimum atomic E-state index is -3.91. The fourth-order valence-electron chi connectivity index (χ4n) is 2.53. The van der Waals surface area contributed by atoms with Crippen LogP contribution < -0.4 is 10.5 Å². The highest BCUT2D eigenvalue weighted by Gasteiger charge is 2.17. The molecule has 6 nitrogen and oxygen atoms in total. The number of amides is 1. The second-order valence-electron chi connectivity index (χ2n) is 5.74. The smallest absolute Gasteiger partial charge is 0.244 e. The van der Waals surface area contributed by atoms with Gasteiger partial charge in [-0.3, -0.25) is 4.79 Å². The van der Waals surface area contributed by atoms with Crippen molar-refractivity contribution in [2.45, 2.75) is 11.3 Å². The standard InChI is InChI=1S/C19H18N2O4S2/c20-27(23,24)18-13-14(5-7-16(18)17-4-1-11-25-17)9-10-21-19(22)8-6-15-3-2-12-26-15/h1-8,11-13H,9-10H2,(H,21,22)(H2,20,23,24)/b8-6+. The second-order valence-corrected chi connectivity index (χ2v) is 8.25. The summed E-state index contributed by atoms with van der Waals surface area (Å²) >= 11 is 1.55. The summed E-state index contributed by atoms with van der Waals surface area (Å²) in [6.45, 7) is 0.373. The summed E-state index contributed by atoms with van der Waals surface area (Å²) < 4.78 is 29.2. The van der Waals surface area contributed by atoms with Crippen molar-refractivity contribution in [2.24, 2.45) is 5.14 Å². The lowest BCUT2D eigenvalue weighted by atomic mass is 10.1. The van der Waals surface area contributed by atoms with Crippen LogP contribution >= 0.6 is 11.3 Å². The van der Waals surface area contributed by atoms with Crippen molar-refractivity contribution in [3.63, 3.8) is 0 Å². The first-order valence-corrected chi connectivity index (χ1v) is 10.5. The van der Waals surface area contributed by atoms with Crippen LogP contribution in [-0.2, 0) is 21.2 Å². The number of nitrogens with two attached hydrogens (primary N) is 1. The van der Waals surface area contributed by atoms with Crippen LogP contribution in [0, 0.1) is 0 Å². The number of primary sulfonamides is 1. The van der Waals surface area contributed by atoms with Gasteiger partial charge in [-0.1, -0.05) is 12.1 Å². The van der Waals surface area contributed by atoms with Gasteiger partial charge in [0.15, 0.2) is 0 Å². The second kappa shape index (κ2) is 8.34. The largest absolute Gasteiger partial charge is 0.464 e. The molecule has 3 N–H and O–H groups in total. The predicted octanol–water partition coefficient (Wildman–Crippen LogP) is 3.03. The third kappa shape index (κ3) is 5.16. The minimum Gasteiger partial charge on any atom is -0.464 e. The molecular weight excluding hydrogens is 384 g/mol. The molecule has 140 valence electrons. The van der Waals surface area contributed by atoms with Gasteiger partial charge in [0.25, 0.3) is 0 Å². The molecule has 1 amide bonds. The molecule has 3 aromatic rings. The Morgan fingerprint density at radius 3 is 2.74 bits per heavy atom. The molecule has 2 heterocycles. The Kier molecular flexibility index (Phi) is 5.90. The van der Waals surface area contributed by atoms with E-state index in [9.17, 15) is 13.2 Å². The number of nitrogens with one attached hydrogen (secondary N) is 1. The van der Waals surface area contributed by atoms with E-state index in [1.807, 2.05) is 17.5 Å². The van der Waals surface area contributed by atoms with Crippen LogP contribution in [-0.4, -0.2) is 20.9 Å². The molecule has 0 fully saturated rings. The highest BCUT2D eigenvalue weighted by molar-refractivity contribution is 7.89. The number of hydrogen-bond donors (Lipinski definition) is 2. The van der Waals surface area contributed by atoms with Crippen LogP contribution in [0.5, 0.6) is 0 Å². The van der Waals surface area contributed by atoms with Crippen molar-refractivity contribution in [2.75, 3.05) is 6.54 Å². The van der Waals surface area contributed by atoms with E-state index in [-0.39, 0.29) is 10.8 Å². The lowest BCUT2D eigenvalue weighted by Crippen LogP contribution is -2.23. The molecule has 0 aliphatic rings. The molecule has 8 heteroatoms. The van der Waals surface area contributed by atoms with E-state index in [1.54, 1.807) is 41.7 Å². The van der Waals surface area contributed by atoms with E-state index < -0.39 is 10.0 Å². The molecule has 1 aromatic carbocycles. The molecule has 0 aliphatic carbocycles. The van der Waals surface area contributed by atoms with Crippen molar-refractivity contribution >= 4 is 33.3 Å². The maximum Gasteiger partial charge on any atom is 0.244 e. The number of rotatable bonds is 7. The average molecular weight is 402 g/mol. The maximum absolute atomic E-state index is 11.9. The first kappa shape index (κ1) is 19.1. The van der Waals surface area contributed by atoms with Gasteiger partial charge in [0.05, 0.1) is 11.2 Å². The van der Waals surface area contributed by atoms with Crippen LogP contribution in [0.25, 0.3) is 17.4 Å². The summed E-state index contributed by atoms with van der Waals surface area (Å²) in [6, 6.07) is 12.1. The van der Waals surface area contributed by atoms with Gasteiger partial charge < -0.3 is 9.73 Å². The Labute approximate surface area is 161 Å². The Bertz CT molecular complexity index is 1040. The quantitative estimate of drug-likeness (QED) is 0.593. The van der Waals surface area contributed by atoms with E-state index in [4.69, 9.17) is 9.56 Å². The van der Waals surface area contributed by atoms with E-state index in [2.05, 4.69) is 5.32 Å². The molecule has 0 unspecified atom stereocenters. The van der Waals surface area contributed by atoms with E-state index in [1.165, 1.54) is 18.4 Å². The zero-order chi connectivity index (χ0) is 19.3. The van der Waals surface area contributed by atoms with Crippen molar-refractivity contribution in [1.82, 2.24) is 5.32 Å². The number of carbonyl (C=O) groups excluding carboxylic acids is 1. The number of sulfonamides is 1. The normalized spacial score (nSPS) is 11.7. The van der Waals surface area contributed by atoms with Crippen LogP contribution in [0.15, 0.2) is 69.5 Å². The molecule has 27 heavy (non-hydrogen) atoms. The summed E-state index contributed by atoms with van der Waals surface area (Å²) in [7, 11) is -3.91. The Hall–Kier alpha value is -2.68. The topological polar surface area (TPSA) is 102 Å². The molecule has 0 saturated carbocycles. The number of carbonyl (C=O) groups is 1. The summed E-state index contributed by atoms with van der Waals surface area (Å²) in [5.74, 6) is 0.222. The third-order valence-electron chi connectivity index (χ3n) is 3.79. The van der Waals surface area contributed by atoms with Gasteiger partial charge in [-0.2, -0.15) is 0 Å². The molecular formula is C19H18N2O4S2. The fourth-order valence-corrected chi connectivity index (χ4v) is 3.93. The van der Waals surface area contributed by atoms with E-state index >= 15 is 0 Å². The Morgan fingerprint density at radius 2 is 2.07 bits per heavy atom. The van der Waals surface area contributed by atoms with Gasteiger partial charge in [0.2, 0.25) is 15.9 Å². The zero-order valence-corrected chi connectivity index (χ0v) is 15.9. The van der Waals surface area contributed by atoms with Gasteiger partial charge in [0, 0.05) is 23.1 Å². The number of hydrogen-bond acceptors (Lipinski definition) is 5. The minimum absolute atomic E-state index is 0.00105. The van der Waals surface area contributed by atoms with Crippen LogP contribution in [0.3, 0.4) is 0 Å². The lowest BCUT2D eigenvalue weighted by Gasteiger charge is -2.09. The highest BCUT2D eigenvalue weighted by atomic mass is 32.2. The Balaban J connectivity index is 1.66. The molecule has 0 aliphatic heterocycles. The van der Waals surface area contributed by atoms with Gasteiger partial charge in [0.1, 0.15) is 5.76 Å². The van der Waals surface area contributed by atoms with Crippen molar-refractivity contribution < 1.29 is 17.6 Å². The summed E-state index contributed by atoms with van der Waals surface area (Å²) in [4.78, 5) is 12.8. The van der Waals surface area contributed by atoms with Gasteiger partial charge in [-0.25, -0.2) is 13.6 Å². The first-order valence-electron chi connectivity index (χ1n) is 8.12. The maximum atomic E-state index is 11.9. The fraction of sp³-hybridized carbons (Fsp3) is 0.105. The monoisotopic (exact) mass is 402 g/mol. The molecule has 0 bridgehead atoms. The van der Waals surface area contributed by atoms with Crippen LogP contribution in [0.4, 0.5) is 0 Å². The van der Waals surface area contributed by atoms with Gasteiger partial charge in [-0.15, -0.1) is 11.3 Å². The van der Waals surface area contributed by atoms with Crippen LogP contribution in [0.1, 0.15) is 10.4 Å². The Morgan fingerprint density at radius 1 is 1.22 bits per heavy atom. The van der Waals surface area contributed by atoms with Crippen LogP contribution in [0.2, 0.25) is 0 Å². The van der Waals surface area contributed by atoms with Crippen molar-refractivity contribution in [3.05, 3.63) is 70.6 Å². The molecule has 0 saturated heterocycles. The highest BCUT2D eigenvalue weighted by Crippen LogP contribution is 2.28. The van der Waals surface area contributed by atoms with Gasteiger partial charge in [-0.05, 0) is 53.8 Å². The summed E-state index contributed by atoms with van der Waals surface area (Å²) in [5.41, 5.74) is 1.16. The third-order valence-corrected chi connectivity index (χ3v) is 5.58. The number of benzene rings is 1. The molecule has 2 aromatic heterocycles. The summed E-state index contributed by atoms with van der Waals surface area (Å²) in [6.07, 6.45) is 5.16. The van der Waals surface area contributed by atoms with Crippen molar-refractivity contribution in [3.8, 4) is 11.3 Å². The molecule has 0 radical (unpaired) electrons. The molecule has 3 rings (SSSR count). The van der Waals surface area contributed by atoms with Gasteiger partial charge >= 0.3 is 0 Å². The van der Waals surface area contributed by atoms with Crippen molar-refractivity contribution in [1.29, 1.82) is 0 Å². The predicted molar refractivity (Wildman–Crippen MR) is 106 cm³/mol.